The molecule has 4 nitrogen and oxygen atoms in total. The minimum atomic E-state index is -0.251. The third kappa shape index (κ3) is 3.78. The van der Waals surface area contributed by atoms with Crippen LogP contribution in [-0.2, 0) is 13.0 Å². The van der Waals surface area contributed by atoms with E-state index < -0.39 is 0 Å². The molecule has 0 bridgehead atoms. The van der Waals surface area contributed by atoms with Crippen LogP contribution in [0.15, 0.2) is 72.8 Å². The SMILES string of the molecule is O=C(Nc1ccc2c(c1)CN(C(=O)c1ccccc1)CC2)c1ccccc1Cl. The van der Waals surface area contributed by atoms with Gasteiger partial charge in [-0.2, -0.15) is 0 Å². The molecule has 0 saturated heterocycles. The highest BCUT2D eigenvalue weighted by Gasteiger charge is 2.22. The number of nitrogens with one attached hydrogen (secondary N) is 1. The van der Waals surface area contributed by atoms with E-state index in [0.29, 0.717) is 34.9 Å². The summed E-state index contributed by atoms with van der Waals surface area (Å²) in [6, 6.07) is 22.1. The highest BCUT2D eigenvalue weighted by molar-refractivity contribution is 6.34. The van der Waals surface area contributed by atoms with E-state index in [1.165, 1.54) is 5.56 Å². The second-order valence-electron chi connectivity index (χ2n) is 6.76. The lowest BCUT2D eigenvalue weighted by molar-refractivity contribution is 0.0734. The van der Waals surface area contributed by atoms with Gasteiger partial charge in [0.25, 0.3) is 11.8 Å². The van der Waals surface area contributed by atoms with Crippen LogP contribution < -0.4 is 5.32 Å². The standard InChI is InChI=1S/C23H19ClN2O2/c24-21-9-5-4-8-20(21)22(27)25-19-11-10-16-12-13-26(15-18(16)14-19)23(28)17-6-2-1-3-7-17/h1-11,14H,12-13,15H2,(H,25,27). The van der Waals surface area contributed by atoms with Crippen LogP contribution >= 0.6 is 11.6 Å². The van der Waals surface area contributed by atoms with E-state index in [9.17, 15) is 9.59 Å². The van der Waals surface area contributed by atoms with Crippen molar-refractivity contribution in [3.63, 3.8) is 0 Å². The molecule has 0 radical (unpaired) electrons. The van der Waals surface area contributed by atoms with Gasteiger partial charge in [-0.1, -0.05) is 48.0 Å². The topological polar surface area (TPSA) is 49.4 Å². The Bertz CT molecular complexity index is 1030. The minimum Gasteiger partial charge on any atom is -0.334 e. The minimum absolute atomic E-state index is 0.0248. The lowest BCUT2D eigenvalue weighted by Crippen LogP contribution is -2.36. The lowest BCUT2D eigenvalue weighted by atomic mass is 9.98. The summed E-state index contributed by atoms with van der Waals surface area (Å²) >= 11 is 6.11. The van der Waals surface area contributed by atoms with Crippen molar-refractivity contribution in [1.29, 1.82) is 0 Å². The van der Waals surface area contributed by atoms with Crippen molar-refractivity contribution >= 4 is 29.1 Å². The van der Waals surface area contributed by atoms with Crippen LogP contribution in [0.1, 0.15) is 31.8 Å². The van der Waals surface area contributed by atoms with Crippen molar-refractivity contribution in [2.75, 3.05) is 11.9 Å². The molecule has 2 amide bonds. The van der Waals surface area contributed by atoms with E-state index >= 15 is 0 Å². The van der Waals surface area contributed by atoms with Crippen molar-refractivity contribution in [2.24, 2.45) is 0 Å². The van der Waals surface area contributed by atoms with Gasteiger partial charge in [-0.05, 0) is 53.9 Å². The fourth-order valence-electron chi connectivity index (χ4n) is 3.42. The molecular formula is C23H19ClN2O2. The van der Waals surface area contributed by atoms with Gasteiger partial charge in [0.2, 0.25) is 0 Å². The van der Waals surface area contributed by atoms with Crippen LogP contribution in [0.2, 0.25) is 5.02 Å². The molecule has 1 aliphatic heterocycles. The zero-order valence-electron chi connectivity index (χ0n) is 15.2. The van der Waals surface area contributed by atoms with Crippen LogP contribution in [-0.4, -0.2) is 23.3 Å². The second-order valence-corrected chi connectivity index (χ2v) is 7.17. The molecule has 0 spiro atoms. The molecule has 0 atom stereocenters. The average Bonchev–Trinajstić information content (AvgIpc) is 2.73. The maximum Gasteiger partial charge on any atom is 0.257 e. The molecular weight excluding hydrogens is 372 g/mol. The molecule has 0 unspecified atom stereocenters. The Morgan fingerprint density at radius 2 is 1.64 bits per heavy atom. The van der Waals surface area contributed by atoms with Crippen LogP contribution in [0, 0.1) is 0 Å². The normalized spacial score (nSPS) is 13.0. The number of anilines is 1. The summed E-state index contributed by atoms with van der Waals surface area (Å²) in [5, 5.41) is 3.31. The Labute approximate surface area is 168 Å². The number of halogens is 1. The smallest absolute Gasteiger partial charge is 0.257 e. The van der Waals surface area contributed by atoms with Gasteiger partial charge in [0.1, 0.15) is 0 Å². The highest BCUT2D eigenvalue weighted by Crippen LogP contribution is 2.25. The predicted molar refractivity (Wildman–Crippen MR) is 111 cm³/mol. The van der Waals surface area contributed by atoms with Crippen molar-refractivity contribution in [1.82, 2.24) is 4.90 Å². The first kappa shape index (κ1) is 18.3. The summed E-state index contributed by atoms with van der Waals surface area (Å²) in [7, 11) is 0. The summed E-state index contributed by atoms with van der Waals surface area (Å²) < 4.78 is 0. The molecule has 0 aliphatic carbocycles. The quantitative estimate of drug-likeness (QED) is 0.698. The largest absolute Gasteiger partial charge is 0.334 e. The molecule has 0 fully saturated rings. The van der Waals surface area contributed by atoms with Gasteiger partial charge in [0.05, 0.1) is 10.6 Å². The lowest BCUT2D eigenvalue weighted by Gasteiger charge is -2.29. The summed E-state index contributed by atoms with van der Waals surface area (Å²) in [6.07, 6.45) is 0.798. The number of hydrogen-bond acceptors (Lipinski definition) is 2. The molecule has 1 aliphatic rings. The van der Waals surface area contributed by atoms with E-state index in [0.717, 1.165) is 12.0 Å². The number of rotatable bonds is 3. The summed E-state index contributed by atoms with van der Waals surface area (Å²) in [5.74, 6) is -0.227. The molecule has 0 aromatic heterocycles. The zero-order valence-corrected chi connectivity index (χ0v) is 15.9. The Kier molecular flexibility index (Phi) is 5.13. The van der Waals surface area contributed by atoms with Crippen molar-refractivity contribution in [2.45, 2.75) is 13.0 Å². The van der Waals surface area contributed by atoms with Crippen molar-refractivity contribution < 1.29 is 9.59 Å². The molecule has 1 N–H and O–H groups in total. The van der Waals surface area contributed by atoms with Gasteiger partial charge in [-0.25, -0.2) is 0 Å². The van der Waals surface area contributed by atoms with Crippen LogP contribution in [0.25, 0.3) is 0 Å². The Balaban J connectivity index is 1.52. The number of fused-ring (bicyclic) bond motifs is 1. The molecule has 140 valence electrons. The number of carbonyl (C=O) groups is 2. The van der Waals surface area contributed by atoms with Crippen LogP contribution in [0.4, 0.5) is 5.69 Å². The van der Waals surface area contributed by atoms with E-state index in [-0.39, 0.29) is 11.8 Å². The number of nitrogens with zero attached hydrogens (tertiary/aromatic N) is 1. The fourth-order valence-corrected chi connectivity index (χ4v) is 3.64. The summed E-state index contributed by atoms with van der Waals surface area (Å²) in [5.41, 5.74) is 4.06. The van der Waals surface area contributed by atoms with Gasteiger partial charge < -0.3 is 10.2 Å². The molecule has 3 aromatic rings. The van der Waals surface area contributed by atoms with E-state index in [4.69, 9.17) is 11.6 Å². The first-order valence-corrected chi connectivity index (χ1v) is 9.51. The predicted octanol–water partition coefficient (Wildman–Crippen LogP) is 4.79. The van der Waals surface area contributed by atoms with Crippen molar-refractivity contribution in [3.8, 4) is 0 Å². The number of amides is 2. The molecule has 4 rings (SSSR count). The van der Waals surface area contributed by atoms with Gasteiger partial charge in [0.15, 0.2) is 0 Å². The van der Waals surface area contributed by atoms with E-state index in [2.05, 4.69) is 5.32 Å². The third-order valence-corrected chi connectivity index (χ3v) is 5.23. The van der Waals surface area contributed by atoms with E-state index in [1.54, 1.807) is 24.3 Å². The number of hydrogen-bond donors (Lipinski definition) is 1. The van der Waals surface area contributed by atoms with Crippen LogP contribution in [0.3, 0.4) is 0 Å². The van der Waals surface area contributed by atoms with Gasteiger partial charge in [0, 0.05) is 24.3 Å². The summed E-state index contributed by atoms with van der Waals surface area (Å²) in [4.78, 5) is 27.1. The van der Waals surface area contributed by atoms with E-state index in [1.807, 2.05) is 53.4 Å². The van der Waals surface area contributed by atoms with Gasteiger partial charge in [-0.3, -0.25) is 9.59 Å². The fraction of sp³-hybridized carbons (Fsp3) is 0.130. The molecule has 0 saturated carbocycles. The molecule has 3 aromatic carbocycles. The summed E-state index contributed by atoms with van der Waals surface area (Å²) in [6.45, 7) is 1.21. The highest BCUT2D eigenvalue weighted by atomic mass is 35.5. The van der Waals surface area contributed by atoms with Gasteiger partial charge >= 0.3 is 0 Å². The maximum atomic E-state index is 12.7. The van der Waals surface area contributed by atoms with Crippen LogP contribution in [0.5, 0.6) is 0 Å². The maximum absolute atomic E-state index is 12.7. The first-order chi connectivity index (χ1) is 13.6. The zero-order chi connectivity index (χ0) is 19.5. The second kappa shape index (κ2) is 7.87. The Morgan fingerprint density at radius 1 is 0.893 bits per heavy atom. The first-order valence-electron chi connectivity index (χ1n) is 9.14. The molecule has 5 heteroatoms. The molecule has 28 heavy (non-hydrogen) atoms. The van der Waals surface area contributed by atoms with Gasteiger partial charge in [-0.15, -0.1) is 0 Å². The number of benzene rings is 3. The third-order valence-electron chi connectivity index (χ3n) is 4.90. The van der Waals surface area contributed by atoms with Crippen molar-refractivity contribution in [3.05, 3.63) is 100 Å². The number of carbonyl (C=O) groups excluding carboxylic acids is 2. The Morgan fingerprint density at radius 3 is 2.43 bits per heavy atom. The monoisotopic (exact) mass is 390 g/mol. The molecule has 1 heterocycles. The average molecular weight is 391 g/mol. The Hall–Kier alpha value is -3.11.